The molecule has 0 radical (unpaired) electrons. The Morgan fingerprint density at radius 3 is 2.54 bits per heavy atom. The summed E-state index contributed by atoms with van der Waals surface area (Å²) in [6.07, 6.45) is 4.95. The second-order valence-electron chi connectivity index (χ2n) is 6.35. The molecule has 26 heavy (non-hydrogen) atoms. The minimum atomic E-state index is -1.95. The molecule has 0 aromatic carbocycles. The zero-order valence-corrected chi connectivity index (χ0v) is 14.7. The first kappa shape index (κ1) is 18.0. The summed E-state index contributed by atoms with van der Waals surface area (Å²) >= 11 is 0. The normalized spacial score (nSPS) is 16.3. The molecule has 3 rings (SSSR count). The molecular formula is C18H22FN5O2. The van der Waals surface area contributed by atoms with Crippen LogP contribution in [0.1, 0.15) is 35.8 Å². The van der Waals surface area contributed by atoms with Crippen LogP contribution >= 0.6 is 0 Å². The van der Waals surface area contributed by atoms with Crippen LogP contribution in [0.25, 0.3) is 0 Å². The third-order valence-electron chi connectivity index (χ3n) is 4.64. The van der Waals surface area contributed by atoms with E-state index in [1.54, 1.807) is 46.4 Å². The van der Waals surface area contributed by atoms with Gasteiger partial charge in [-0.15, -0.1) is 0 Å². The quantitative estimate of drug-likeness (QED) is 0.879. The van der Waals surface area contributed by atoms with Gasteiger partial charge >= 0.3 is 0 Å². The van der Waals surface area contributed by atoms with Crippen molar-refractivity contribution in [2.45, 2.75) is 38.5 Å². The van der Waals surface area contributed by atoms with Crippen molar-refractivity contribution in [3.63, 3.8) is 0 Å². The number of carbonyl (C=O) groups excluding carboxylic acids is 2. The molecule has 1 fully saturated rings. The number of aryl methyl sites for hydroxylation is 1. The molecule has 0 saturated carbocycles. The highest BCUT2D eigenvalue weighted by atomic mass is 19.1. The van der Waals surface area contributed by atoms with Crippen molar-refractivity contribution in [2.24, 2.45) is 0 Å². The molecule has 2 amide bonds. The number of amides is 2. The molecule has 3 heterocycles. The summed E-state index contributed by atoms with van der Waals surface area (Å²) in [5.74, 6) is -0.854. The van der Waals surface area contributed by atoms with E-state index in [0.717, 1.165) is 5.56 Å². The maximum Gasteiger partial charge on any atom is 0.274 e. The predicted molar refractivity (Wildman–Crippen MR) is 93.0 cm³/mol. The van der Waals surface area contributed by atoms with Crippen LogP contribution in [0.4, 0.5) is 4.39 Å². The Morgan fingerprint density at radius 2 is 1.92 bits per heavy atom. The van der Waals surface area contributed by atoms with E-state index in [2.05, 4.69) is 15.4 Å². The van der Waals surface area contributed by atoms with Gasteiger partial charge in [-0.1, -0.05) is 0 Å². The van der Waals surface area contributed by atoms with Gasteiger partial charge in [-0.3, -0.25) is 19.3 Å². The predicted octanol–water partition coefficient (Wildman–Crippen LogP) is 1.56. The first-order valence-corrected chi connectivity index (χ1v) is 8.71. The second kappa shape index (κ2) is 7.63. The van der Waals surface area contributed by atoms with Crippen LogP contribution < -0.4 is 5.32 Å². The minimum Gasteiger partial charge on any atom is -0.349 e. The van der Waals surface area contributed by atoms with E-state index < -0.39 is 11.6 Å². The van der Waals surface area contributed by atoms with Crippen molar-refractivity contribution >= 4 is 11.8 Å². The molecule has 7 nitrogen and oxygen atoms in total. The number of pyridine rings is 1. The topological polar surface area (TPSA) is 80.1 Å². The summed E-state index contributed by atoms with van der Waals surface area (Å²) in [5.41, 5.74) is -0.747. The fourth-order valence-corrected chi connectivity index (χ4v) is 2.95. The largest absolute Gasteiger partial charge is 0.349 e. The molecule has 1 aliphatic rings. The molecule has 0 atom stereocenters. The van der Waals surface area contributed by atoms with E-state index in [1.807, 2.05) is 6.92 Å². The summed E-state index contributed by atoms with van der Waals surface area (Å²) < 4.78 is 16.7. The molecule has 0 unspecified atom stereocenters. The molecule has 0 bridgehead atoms. The zero-order valence-electron chi connectivity index (χ0n) is 14.7. The van der Waals surface area contributed by atoms with Gasteiger partial charge in [0, 0.05) is 57.6 Å². The number of nitrogens with zero attached hydrogens (tertiary/aromatic N) is 4. The monoisotopic (exact) mass is 359 g/mol. The third kappa shape index (κ3) is 3.89. The van der Waals surface area contributed by atoms with Crippen LogP contribution in [0.15, 0.2) is 36.8 Å². The second-order valence-corrected chi connectivity index (χ2v) is 6.35. The number of aromatic nitrogens is 3. The number of likely N-dealkylation sites (tertiary alicyclic amines) is 1. The molecule has 1 saturated heterocycles. The molecule has 138 valence electrons. The summed E-state index contributed by atoms with van der Waals surface area (Å²) in [6.45, 7) is 3.25. The van der Waals surface area contributed by atoms with Gasteiger partial charge in [0.2, 0.25) is 0 Å². The Balaban J connectivity index is 1.54. The lowest BCUT2D eigenvalue weighted by molar-refractivity contribution is -0.135. The zero-order chi connectivity index (χ0) is 18.6. The summed E-state index contributed by atoms with van der Waals surface area (Å²) in [7, 11) is 0. The molecule has 2 aromatic rings. The highest BCUT2D eigenvalue weighted by Gasteiger charge is 2.42. The van der Waals surface area contributed by atoms with E-state index >= 15 is 0 Å². The highest BCUT2D eigenvalue weighted by molar-refractivity contribution is 5.92. The average Bonchev–Trinajstić information content (AvgIpc) is 3.16. The van der Waals surface area contributed by atoms with Gasteiger partial charge in [-0.05, 0) is 30.7 Å². The van der Waals surface area contributed by atoms with Crippen molar-refractivity contribution in [1.29, 1.82) is 0 Å². The van der Waals surface area contributed by atoms with Gasteiger partial charge in [0.05, 0.1) is 0 Å². The maximum atomic E-state index is 15.0. The Morgan fingerprint density at radius 1 is 1.23 bits per heavy atom. The van der Waals surface area contributed by atoms with Gasteiger partial charge in [0.15, 0.2) is 5.67 Å². The van der Waals surface area contributed by atoms with Crippen LogP contribution in [0.3, 0.4) is 0 Å². The van der Waals surface area contributed by atoms with E-state index in [4.69, 9.17) is 0 Å². The number of halogens is 1. The number of hydrogen-bond acceptors (Lipinski definition) is 4. The molecule has 8 heteroatoms. The first-order valence-electron chi connectivity index (χ1n) is 8.71. The van der Waals surface area contributed by atoms with Crippen molar-refractivity contribution in [3.05, 3.63) is 48.0 Å². The fourth-order valence-electron chi connectivity index (χ4n) is 2.95. The van der Waals surface area contributed by atoms with E-state index in [0.29, 0.717) is 12.2 Å². The Kier molecular flexibility index (Phi) is 5.29. The lowest BCUT2D eigenvalue weighted by atomic mass is 9.92. The molecular weight excluding hydrogens is 337 g/mol. The van der Waals surface area contributed by atoms with Gasteiger partial charge in [0.1, 0.15) is 5.69 Å². The Labute approximate surface area is 151 Å². The number of nitrogens with one attached hydrogen (secondary N) is 1. The van der Waals surface area contributed by atoms with Gasteiger partial charge in [-0.2, -0.15) is 5.10 Å². The number of rotatable bonds is 5. The van der Waals surface area contributed by atoms with Crippen molar-refractivity contribution in [2.75, 3.05) is 13.1 Å². The summed E-state index contributed by atoms with van der Waals surface area (Å²) in [6, 6.07) is 5.19. The number of hydrogen-bond donors (Lipinski definition) is 1. The summed E-state index contributed by atoms with van der Waals surface area (Å²) in [5, 5.41) is 6.82. The van der Waals surface area contributed by atoms with Crippen LogP contribution in [0, 0.1) is 0 Å². The average molecular weight is 359 g/mol. The Hall–Kier alpha value is -2.77. The van der Waals surface area contributed by atoms with Crippen molar-refractivity contribution < 1.29 is 14.0 Å². The maximum absolute atomic E-state index is 15.0. The van der Waals surface area contributed by atoms with Crippen molar-refractivity contribution in [3.8, 4) is 0 Å². The smallest absolute Gasteiger partial charge is 0.274 e. The molecule has 0 spiro atoms. The molecule has 0 aliphatic carbocycles. The standard InChI is InChI=1S/C18H22FN5O2/c1-2-24-10-5-15(22-24)16(25)23-11-6-18(19,7-12-23)17(26)21-13-14-3-8-20-9-4-14/h3-5,8-10H,2,6-7,11-13H2,1H3,(H,21,26). The fraction of sp³-hybridized carbons (Fsp3) is 0.444. The first-order chi connectivity index (χ1) is 12.5. The van der Waals surface area contributed by atoms with E-state index in [1.165, 1.54) is 0 Å². The van der Waals surface area contributed by atoms with Crippen LogP contribution in [-0.4, -0.2) is 50.2 Å². The van der Waals surface area contributed by atoms with Gasteiger partial charge in [-0.25, -0.2) is 4.39 Å². The third-order valence-corrected chi connectivity index (χ3v) is 4.64. The van der Waals surface area contributed by atoms with Gasteiger partial charge in [0.25, 0.3) is 11.8 Å². The molecule has 2 aromatic heterocycles. The molecule has 1 N–H and O–H groups in total. The SMILES string of the molecule is CCn1ccc(C(=O)N2CCC(F)(C(=O)NCc3ccncc3)CC2)n1. The highest BCUT2D eigenvalue weighted by Crippen LogP contribution is 2.27. The Bertz CT molecular complexity index is 769. The minimum absolute atomic E-state index is 0.0184. The number of alkyl halides is 1. The summed E-state index contributed by atoms with van der Waals surface area (Å²) in [4.78, 5) is 30.2. The van der Waals surface area contributed by atoms with Crippen LogP contribution in [0.5, 0.6) is 0 Å². The van der Waals surface area contributed by atoms with Crippen molar-refractivity contribution in [1.82, 2.24) is 25.0 Å². The lowest BCUT2D eigenvalue weighted by Gasteiger charge is -2.35. The number of piperidine rings is 1. The van der Waals surface area contributed by atoms with E-state index in [9.17, 15) is 14.0 Å². The van der Waals surface area contributed by atoms with Crippen LogP contribution in [0.2, 0.25) is 0 Å². The number of carbonyl (C=O) groups is 2. The lowest BCUT2D eigenvalue weighted by Crippen LogP contribution is -2.52. The van der Waals surface area contributed by atoms with E-state index in [-0.39, 0.29) is 38.4 Å². The molecule has 1 aliphatic heterocycles. The van der Waals surface area contributed by atoms with Crippen LogP contribution in [-0.2, 0) is 17.9 Å². The van der Waals surface area contributed by atoms with Gasteiger partial charge < -0.3 is 10.2 Å².